The van der Waals surface area contributed by atoms with Crippen molar-refractivity contribution < 1.29 is 9.53 Å². The third-order valence-corrected chi connectivity index (χ3v) is 3.16. The van der Waals surface area contributed by atoms with Crippen molar-refractivity contribution in [3.63, 3.8) is 0 Å². The number of carbonyl (C=O) groups is 1. The minimum atomic E-state index is -0.239. The van der Waals surface area contributed by atoms with E-state index < -0.39 is 0 Å². The Kier molecular flexibility index (Phi) is 7.59. The lowest BCUT2D eigenvalue weighted by Gasteiger charge is -2.12. The van der Waals surface area contributed by atoms with Crippen molar-refractivity contribution in [1.82, 2.24) is 15.1 Å². The van der Waals surface area contributed by atoms with Gasteiger partial charge in [0.15, 0.2) is 0 Å². The predicted molar refractivity (Wildman–Crippen MR) is 87.1 cm³/mol. The summed E-state index contributed by atoms with van der Waals surface area (Å²) in [5.41, 5.74) is 7.41. The van der Waals surface area contributed by atoms with Crippen LogP contribution in [0.3, 0.4) is 0 Å². The summed E-state index contributed by atoms with van der Waals surface area (Å²) in [7, 11) is 1.55. The number of aromatic nitrogens is 2. The van der Waals surface area contributed by atoms with E-state index in [2.05, 4.69) is 10.4 Å². The lowest BCUT2D eigenvalue weighted by molar-refractivity contribution is -0.123. The number of hydrogen-bond acceptors (Lipinski definition) is 4. The summed E-state index contributed by atoms with van der Waals surface area (Å²) in [6.45, 7) is 0.766. The summed E-state index contributed by atoms with van der Waals surface area (Å²) >= 11 is 0. The highest BCUT2D eigenvalue weighted by Gasteiger charge is 2.11. The van der Waals surface area contributed by atoms with Gasteiger partial charge in [0, 0.05) is 32.0 Å². The van der Waals surface area contributed by atoms with E-state index in [0.717, 1.165) is 11.3 Å². The maximum Gasteiger partial charge on any atom is 0.222 e. The number of methoxy groups -OCH3 is 1. The molecular weight excluding hydrogens is 304 g/mol. The third kappa shape index (κ3) is 5.14. The number of carbonyl (C=O) groups excluding carboxylic acids is 1. The van der Waals surface area contributed by atoms with E-state index in [9.17, 15) is 4.79 Å². The lowest BCUT2D eigenvalue weighted by Crippen LogP contribution is -2.31. The maximum absolute atomic E-state index is 11.7. The molecule has 0 bridgehead atoms. The number of hydrogen-bond donors (Lipinski definition) is 2. The summed E-state index contributed by atoms with van der Waals surface area (Å²) in [5.74, 6) is -0.0836. The number of amides is 1. The topological polar surface area (TPSA) is 82.2 Å². The van der Waals surface area contributed by atoms with Crippen molar-refractivity contribution in [3.8, 4) is 5.69 Å². The smallest absolute Gasteiger partial charge is 0.222 e. The number of para-hydroxylation sites is 1. The molecule has 3 N–H and O–H groups in total. The molecule has 0 saturated heterocycles. The Bertz CT molecular complexity index is 570. The van der Waals surface area contributed by atoms with Crippen LogP contribution in [0.25, 0.3) is 5.69 Å². The van der Waals surface area contributed by atoms with Gasteiger partial charge in [0.05, 0.1) is 24.4 Å². The molecule has 1 aromatic heterocycles. The second-order valence-electron chi connectivity index (χ2n) is 4.70. The van der Waals surface area contributed by atoms with Crippen LogP contribution in [0.15, 0.2) is 42.7 Å². The van der Waals surface area contributed by atoms with Gasteiger partial charge in [0.1, 0.15) is 0 Å². The number of benzene rings is 1. The highest BCUT2D eigenvalue weighted by Crippen LogP contribution is 2.07. The minimum Gasteiger partial charge on any atom is -0.380 e. The summed E-state index contributed by atoms with van der Waals surface area (Å²) in [5, 5.41) is 7.11. The zero-order chi connectivity index (χ0) is 15.1. The number of nitrogens with zero attached hydrogens (tertiary/aromatic N) is 2. The average Bonchev–Trinajstić information content (AvgIpc) is 3.00. The molecule has 2 aromatic rings. The summed E-state index contributed by atoms with van der Waals surface area (Å²) in [6, 6.07) is 9.81. The van der Waals surface area contributed by atoms with E-state index in [0.29, 0.717) is 13.1 Å². The molecule has 22 heavy (non-hydrogen) atoms. The van der Waals surface area contributed by atoms with Crippen molar-refractivity contribution >= 4 is 18.3 Å². The Morgan fingerprint density at radius 3 is 2.77 bits per heavy atom. The van der Waals surface area contributed by atoms with Crippen LogP contribution in [0, 0.1) is 0 Å². The van der Waals surface area contributed by atoms with E-state index in [1.807, 2.05) is 36.5 Å². The Balaban J connectivity index is 0.00000242. The second-order valence-corrected chi connectivity index (χ2v) is 4.70. The van der Waals surface area contributed by atoms with Crippen LogP contribution in [0.4, 0.5) is 0 Å². The number of halogens is 1. The Morgan fingerprint density at radius 1 is 1.41 bits per heavy atom. The van der Waals surface area contributed by atoms with Crippen LogP contribution >= 0.6 is 12.4 Å². The van der Waals surface area contributed by atoms with Gasteiger partial charge in [-0.15, -0.1) is 12.4 Å². The van der Waals surface area contributed by atoms with Crippen LogP contribution in [-0.4, -0.2) is 35.4 Å². The number of nitrogens with one attached hydrogen (secondary N) is 1. The molecule has 0 fully saturated rings. The van der Waals surface area contributed by atoms with E-state index in [1.54, 1.807) is 18.0 Å². The van der Waals surface area contributed by atoms with Crippen molar-refractivity contribution in [2.45, 2.75) is 19.1 Å². The molecular formula is C15H21ClN4O2. The molecule has 0 aliphatic heterocycles. The summed E-state index contributed by atoms with van der Waals surface area (Å²) in [4.78, 5) is 11.7. The molecule has 120 valence electrons. The minimum absolute atomic E-state index is 0. The molecule has 0 spiro atoms. The van der Waals surface area contributed by atoms with E-state index in [-0.39, 0.29) is 30.8 Å². The maximum atomic E-state index is 11.7. The second kappa shape index (κ2) is 9.19. The van der Waals surface area contributed by atoms with Crippen LogP contribution in [0.1, 0.15) is 12.0 Å². The zero-order valence-corrected chi connectivity index (χ0v) is 13.3. The fourth-order valence-electron chi connectivity index (χ4n) is 1.92. The van der Waals surface area contributed by atoms with E-state index in [4.69, 9.17) is 10.5 Å². The predicted octanol–water partition coefficient (Wildman–Crippen LogP) is 1.27. The highest BCUT2D eigenvalue weighted by molar-refractivity contribution is 5.85. The fraction of sp³-hybridized carbons (Fsp3) is 0.333. The lowest BCUT2D eigenvalue weighted by atomic mass is 10.2. The monoisotopic (exact) mass is 324 g/mol. The van der Waals surface area contributed by atoms with Crippen LogP contribution < -0.4 is 11.1 Å². The van der Waals surface area contributed by atoms with Crippen molar-refractivity contribution in [2.24, 2.45) is 5.73 Å². The van der Waals surface area contributed by atoms with E-state index >= 15 is 0 Å². The molecule has 7 heteroatoms. The fourth-order valence-corrected chi connectivity index (χ4v) is 1.92. The molecule has 0 aliphatic carbocycles. The SMILES string of the molecule is COC(CN)CC(=O)NCc1cnn(-c2ccccc2)c1.Cl. The highest BCUT2D eigenvalue weighted by atomic mass is 35.5. The first kappa shape index (κ1) is 18.2. The van der Waals surface area contributed by atoms with Crippen LogP contribution in [0.2, 0.25) is 0 Å². The molecule has 2 rings (SSSR count). The molecule has 1 heterocycles. The molecule has 1 atom stereocenters. The molecule has 0 radical (unpaired) electrons. The molecule has 1 unspecified atom stereocenters. The van der Waals surface area contributed by atoms with Crippen LogP contribution in [0.5, 0.6) is 0 Å². The number of nitrogens with two attached hydrogens (primary N) is 1. The molecule has 6 nitrogen and oxygen atoms in total. The van der Waals surface area contributed by atoms with Crippen molar-refractivity contribution in [1.29, 1.82) is 0 Å². The van der Waals surface area contributed by atoms with Gasteiger partial charge in [0.2, 0.25) is 5.91 Å². The summed E-state index contributed by atoms with van der Waals surface area (Å²) < 4.78 is 6.86. The van der Waals surface area contributed by atoms with Gasteiger partial charge in [-0.3, -0.25) is 4.79 Å². The Morgan fingerprint density at radius 2 is 2.14 bits per heavy atom. The Labute approximate surface area is 136 Å². The standard InChI is InChI=1S/C15H20N4O2.ClH/c1-21-14(8-16)7-15(20)17-9-12-10-18-19(11-12)13-5-3-2-4-6-13;/h2-6,10-11,14H,7-9,16H2,1H3,(H,17,20);1H. The van der Waals surface area contributed by atoms with E-state index in [1.165, 1.54) is 0 Å². The zero-order valence-electron chi connectivity index (χ0n) is 12.4. The van der Waals surface area contributed by atoms with Gasteiger partial charge in [-0.25, -0.2) is 4.68 Å². The van der Waals surface area contributed by atoms with Gasteiger partial charge in [-0.1, -0.05) is 18.2 Å². The van der Waals surface area contributed by atoms with Gasteiger partial charge < -0.3 is 15.8 Å². The first-order chi connectivity index (χ1) is 10.2. The molecule has 0 aliphatic rings. The Hall–Kier alpha value is -1.89. The van der Waals surface area contributed by atoms with Gasteiger partial charge in [0.25, 0.3) is 0 Å². The van der Waals surface area contributed by atoms with Gasteiger partial charge >= 0.3 is 0 Å². The quantitative estimate of drug-likeness (QED) is 0.803. The summed E-state index contributed by atoms with van der Waals surface area (Å²) in [6.07, 6.45) is 3.66. The normalized spacial score (nSPS) is 11.5. The first-order valence-electron chi connectivity index (χ1n) is 6.81. The van der Waals surface area contributed by atoms with Crippen molar-refractivity contribution in [3.05, 3.63) is 48.3 Å². The van der Waals surface area contributed by atoms with Crippen LogP contribution in [-0.2, 0) is 16.1 Å². The number of rotatable bonds is 7. The van der Waals surface area contributed by atoms with Crippen molar-refractivity contribution in [2.75, 3.05) is 13.7 Å². The molecule has 1 aromatic carbocycles. The average molecular weight is 325 g/mol. The van der Waals surface area contributed by atoms with Gasteiger partial charge in [-0.05, 0) is 12.1 Å². The first-order valence-corrected chi connectivity index (χ1v) is 6.81. The largest absolute Gasteiger partial charge is 0.380 e. The molecule has 1 amide bonds. The number of ether oxygens (including phenoxy) is 1. The third-order valence-electron chi connectivity index (χ3n) is 3.16. The molecule has 0 saturated carbocycles. The van der Waals surface area contributed by atoms with Gasteiger partial charge in [-0.2, -0.15) is 5.10 Å².